The highest BCUT2D eigenvalue weighted by molar-refractivity contribution is 7.71. The largest absolute Gasteiger partial charge is 0.497 e. The summed E-state index contributed by atoms with van der Waals surface area (Å²) >= 11 is 5.31. The molecule has 1 aromatic carbocycles. The van der Waals surface area contributed by atoms with Crippen LogP contribution in [0.15, 0.2) is 29.1 Å². The Hall–Kier alpha value is -2.65. The summed E-state index contributed by atoms with van der Waals surface area (Å²) < 4.78 is 12.4. The third-order valence-electron chi connectivity index (χ3n) is 4.45. The van der Waals surface area contributed by atoms with Gasteiger partial charge in [-0.25, -0.2) is 0 Å². The smallest absolute Gasteiger partial charge is 0.252 e. The van der Waals surface area contributed by atoms with E-state index in [-0.39, 0.29) is 28.8 Å². The standard InChI is InChI=1S/C18H22N4O4S/c1-25-12-3-4-13(15(7-12)26-2)14-8-16(23)21-18(27)22(14)10-17(24)20-11-5-6-19-9-11/h3-4,7-8,11,19H,5-6,9-10H2,1-2H3,(H,20,24)(H,21,23,27)/t11-/m0/s1. The van der Waals surface area contributed by atoms with E-state index in [0.717, 1.165) is 19.5 Å². The van der Waals surface area contributed by atoms with E-state index < -0.39 is 0 Å². The quantitative estimate of drug-likeness (QED) is 0.639. The maximum atomic E-state index is 12.5. The average molecular weight is 390 g/mol. The van der Waals surface area contributed by atoms with Crippen LogP contribution in [0, 0.1) is 4.77 Å². The molecule has 1 aliphatic heterocycles. The Kier molecular flexibility index (Phi) is 5.92. The Labute approximate surface area is 161 Å². The van der Waals surface area contributed by atoms with Crippen molar-refractivity contribution in [2.75, 3.05) is 27.3 Å². The van der Waals surface area contributed by atoms with Gasteiger partial charge in [0.15, 0.2) is 4.77 Å². The molecule has 1 amide bonds. The molecule has 0 spiro atoms. The van der Waals surface area contributed by atoms with Gasteiger partial charge in [0.05, 0.1) is 19.9 Å². The number of methoxy groups -OCH3 is 2. The summed E-state index contributed by atoms with van der Waals surface area (Å²) in [6.45, 7) is 1.63. The third-order valence-corrected chi connectivity index (χ3v) is 4.77. The maximum Gasteiger partial charge on any atom is 0.252 e. The van der Waals surface area contributed by atoms with Crippen LogP contribution in [0.1, 0.15) is 6.42 Å². The van der Waals surface area contributed by atoms with Crippen molar-refractivity contribution in [3.8, 4) is 22.8 Å². The first-order valence-corrected chi connectivity index (χ1v) is 8.99. The molecule has 0 unspecified atom stereocenters. The van der Waals surface area contributed by atoms with Gasteiger partial charge in [-0.2, -0.15) is 0 Å². The zero-order valence-corrected chi connectivity index (χ0v) is 16.0. The molecule has 2 aromatic rings. The molecule has 1 atom stereocenters. The van der Waals surface area contributed by atoms with E-state index in [1.165, 1.54) is 13.2 Å². The van der Waals surface area contributed by atoms with E-state index >= 15 is 0 Å². The topological polar surface area (TPSA) is 97.4 Å². The summed E-state index contributed by atoms with van der Waals surface area (Å²) in [5.41, 5.74) is 0.804. The zero-order chi connectivity index (χ0) is 19.4. The molecule has 0 saturated carbocycles. The van der Waals surface area contributed by atoms with Crippen molar-refractivity contribution in [3.05, 3.63) is 39.4 Å². The van der Waals surface area contributed by atoms with Gasteiger partial charge in [-0.3, -0.25) is 14.6 Å². The lowest BCUT2D eigenvalue weighted by Crippen LogP contribution is -2.38. The normalized spacial score (nSPS) is 16.1. The number of benzene rings is 1. The summed E-state index contributed by atoms with van der Waals surface area (Å²) in [6.07, 6.45) is 0.891. The Balaban J connectivity index is 1.99. The molecular formula is C18H22N4O4S. The Morgan fingerprint density at radius 1 is 1.33 bits per heavy atom. The SMILES string of the molecule is COc1ccc(-c2cc(=O)[nH]c(=S)n2CC(=O)N[C@H]2CCNC2)c(OC)c1. The van der Waals surface area contributed by atoms with Gasteiger partial charge in [0.2, 0.25) is 5.91 Å². The van der Waals surface area contributed by atoms with Crippen LogP contribution in [-0.2, 0) is 11.3 Å². The first kappa shape index (κ1) is 19.1. The van der Waals surface area contributed by atoms with E-state index in [9.17, 15) is 9.59 Å². The number of hydrogen-bond acceptors (Lipinski definition) is 6. The monoisotopic (exact) mass is 390 g/mol. The average Bonchev–Trinajstić information content (AvgIpc) is 3.16. The van der Waals surface area contributed by atoms with Crippen LogP contribution in [0.2, 0.25) is 0 Å². The molecule has 0 radical (unpaired) electrons. The number of nitrogens with zero attached hydrogens (tertiary/aromatic N) is 1. The Morgan fingerprint density at radius 2 is 2.15 bits per heavy atom. The van der Waals surface area contributed by atoms with Crippen molar-refractivity contribution in [2.45, 2.75) is 19.0 Å². The molecule has 3 N–H and O–H groups in total. The number of ether oxygens (including phenoxy) is 2. The van der Waals surface area contributed by atoms with E-state index in [2.05, 4.69) is 15.6 Å². The fourth-order valence-electron chi connectivity index (χ4n) is 3.11. The number of aromatic amines is 1. The molecule has 1 aromatic heterocycles. The van der Waals surface area contributed by atoms with Crippen molar-refractivity contribution in [1.29, 1.82) is 0 Å². The van der Waals surface area contributed by atoms with E-state index in [1.54, 1.807) is 29.9 Å². The van der Waals surface area contributed by atoms with Gasteiger partial charge in [0.1, 0.15) is 18.0 Å². The number of carbonyl (C=O) groups is 1. The number of nitrogens with one attached hydrogen (secondary N) is 3. The van der Waals surface area contributed by atoms with Crippen LogP contribution in [0.4, 0.5) is 0 Å². The first-order chi connectivity index (χ1) is 13.0. The van der Waals surface area contributed by atoms with Gasteiger partial charge >= 0.3 is 0 Å². The Bertz CT molecular complexity index is 947. The van der Waals surface area contributed by atoms with Gasteiger partial charge < -0.3 is 24.7 Å². The van der Waals surface area contributed by atoms with Gasteiger partial charge in [-0.1, -0.05) is 0 Å². The Morgan fingerprint density at radius 3 is 2.81 bits per heavy atom. The summed E-state index contributed by atoms with van der Waals surface area (Å²) in [7, 11) is 3.09. The minimum atomic E-state index is -0.343. The summed E-state index contributed by atoms with van der Waals surface area (Å²) in [5, 5.41) is 6.19. The van der Waals surface area contributed by atoms with Gasteiger partial charge in [-0.15, -0.1) is 0 Å². The van der Waals surface area contributed by atoms with Gasteiger partial charge in [0.25, 0.3) is 5.56 Å². The molecule has 0 aliphatic carbocycles. The molecule has 3 rings (SSSR count). The molecule has 1 saturated heterocycles. The zero-order valence-electron chi connectivity index (χ0n) is 15.2. The van der Waals surface area contributed by atoms with Crippen LogP contribution in [0.25, 0.3) is 11.3 Å². The second-order valence-electron chi connectivity index (χ2n) is 6.23. The van der Waals surface area contributed by atoms with E-state index in [4.69, 9.17) is 21.7 Å². The minimum Gasteiger partial charge on any atom is -0.497 e. The van der Waals surface area contributed by atoms with Crippen molar-refractivity contribution >= 4 is 18.1 Å². The lowest BCUT2D eigenvalue weighted by molar-refractivity contribution is -0.122. The summed E-state index contributed by atoms with van der Waals surface area (Å²) in [6, 6.07) is 6.76. The highest BCUT2D eigenvalue weighted by atomic mass is 32.1. The highest BCUT2D eigenvalue weighted by Gasteiger charge is 2.19. The first-order valence-electron chi connectivity index (χ1n) is 8.58. The number of aromatic nitrogens is 2. The fourth-order valence-corrected chi connectivity index (χ4v) is 3.37. The van der Waals surface area contributed by atoms with Crippen molar-refractivity contribution in [2.24, 2.45) is 0 Å². The number of H-pyrrole nitrogens is 1. The number of rotatable bonds is 6. The molecule has 9 heteroatoms. The van der Waals surface area contributed by atoms with Gasteiger partial charge in [0, 0.05) is 30.3 Å². The number of amides is 1. The molecule has 1 fully saturated rings. The molecule has 27 heavy (non-hydrogen) atoms. The summed E-state index contributed by atoms with van der Waals surface area (Å²) in [5.74, 6) is 0.973. The summed E-state index contributed by atoms with van der Waals surface area (Å²) in [4.78, 5) is 27.1. The van der Waals surface area contributed by atoms with Crippen LogP contribution in [0.3, 0.4) is 0 Å². The number of carbonyl (C=O) groups excluding carboxylic acids is 1. The second kappa shape index (κ2) is 8.36. The van der Waals surface area contributed by atoms with Crippen molar-refractivity contribution < 1.29 is 14.3 Å². The van der Waals surface area contributed by atoms with E-state index in [1.807, 2.05) is 0 Å². The number of hydrogen-bond donors (Lipinski definition) is 3. The lowest BCUT2D eigenvalue weighted by atomic mass is 10.1. The molecular weight excluding hydrogens is 368 g/mol. The fraction of sp³-hybridized carbons (Fsp3) is 0.389. The third kappa shape index (κ3) is 4.37. The molecule has 2 heterocycles. The molecule has 8 nitrogen and oxygen atoms in total. The van der Waals surface area contributed by atoms with E-state index in [0.29, 0.717) is 22.8 Å². The second-order valence-corrected chi connectivity index (χ2v) is 6.62. The van der Waals surface area contributed by atoms with Crippen LogP contribution in [0.5, 0.6) is 11.5 Å². The molecule has 0 bridgehead atoms. The highest BCUT2D eigenvalue weighted by Crippen LogP contribution is 2.32. The van der Waals surface area contributed by atoms with Crippen LogP contribution < -0.4 is 25.7 Å². The molecule has 1 aliphatic rings. The molecule has 144 valence electrons. The van der Waals surface area contributed by atoms with Gasteiger partial charge in [-0.05, 0) is 37.3 Å². The van der Waals surface area contributed by atoms with Crippen molar-refractivity contribution in [1.82, 2.24) is 20.2 Å². The maximum absolute atomic E-state index is 12.5. The lowest BCUT2D eigenvalue weighted by Gasteiger charge is -2.17. The van der Waals surface area contributed by atoms with Crippen LogP contribution >= 0.6 is 12.2 Å². The predicted molar refractivity (Wildman–Crippen MR) is 104 cm³/mol. The van der Waals surface area contributed by atoms with Crippen LogP contribution in [-0.4, -0.2) is 48.8 Å². The van der Waals surface area contributed by atoms with Crippen molar-refractivity contribution in [3.63, 3.8) is 0 Å². The minimum absolute atomic E-state index is 0.00334. The predicted octanol–water partition coefficient (Wildman–Crippen LogP) is 1.07.